The lowest BCUT2D eigenvalue weighted by Gasteiger charge is -2.09. The molecule has 2 N–H and O–H groups in total. The number of halogens is 2. The highest BCUT2D eigenvalue weighted by Gasteiger charge is 2.05. The first kappa shape index (κ1) is 23.5. The molecule has 0 radical (unpaired) electrons. The fourth-order valence-electron chi connectivity index (χ4n) is 2.65. The van der Waals surface area contributed by atoms with Crippen LogP contribution in [-0.4, -0.2) is 24.4 Å². The Kier molecular flexibility index (Phi) is 8.44. The van der Waals surface area contributed by atoms with Gasteiger partial charge in [0.2, 0.25) is 0 Å². The summed E-state index contributed by atoms with van der Waals surface area (Å²) in [6, 6.07) is 19.8. The molecule has 3 aromatic carbocycles. The van der Waals surface area contributed by atoms with Crippen LogP contribution >= 0.6 is 35.4 Å². The summed E-state index contributed by atoms with van der Waals surface area (Å²) >= 11 is 17.1. The van der Waals surface area contributed by atoms with Crippen molar-refractivity contribution in [3.63, 3.8) is 0 Å². The quantitative estimate of drug-likeness (QED) is 0.189. The molecular formula is C23H19Cl2N3O3S. The monoisotopic (exact) mass is 487 g/mol. The van der Waals surface area contributed by atoms with Gasteiger partial charge in [0.05, 0.1) is 29.8 Å². The molecule has 164 valence electrons. The molecular weight excluding hydrogens is 469 g/mol. The highest BCUT2D eigenvalue weighted by atomic mass is 35.5. The number of methoxy groups -OCH3 is 1. The lowest BCUT2D eigenvalue weighted by molar-refractivity contribution is -0.139. The Bertz CT molecular complexity index is 1150. The second-order valence-corrected chi connectivity index (χ2v) is 7.75. The van der Waals surface area contributed by atoms with E-state index in [1.807, 2.05) is 42.5 Å². The van der Waals surface area contributed by atoms with Crippen molar-refractivity contribution >= 4 is 58.4 Å². The van der Waals surface area contributed by atoms with Gasteiger partial charge in [0, 0.05) is 5.69 Å². The van der Waals surface area contributed by atoms with E-state index in [1.165, 1.54) is 7.11 Å². The van der Waals surface area contributed by atoms with Crippen molar-refractivity contribution in [1.82, 2.24) is 5.43 Å². The third-order valence-electron chi connectivity index (χ3n) is 4.13. The van der Waals surface area contributed by atoms with Crippen LogP contribution in [0.15, 0.2) is 71.8 Å². The van der Waals surface area contributed by atoms with Gasteiger partial charge >= 0.3 is 5.97 Å². The lowest BCUT2D eigenvalue weighted by Crippen LogP contribution is -2.23. The van der Waals surface area contributed by atoms with Crippen molar-refractivity contribution in [3.05, 3.63) is 87.9 Å². The number of anilines is 1. The molecule has 0 heterocycles. The molecule has 0 aliphatic rings. The smallest absolute Gasteiger partial charge is 0.309 e. The maximum absolute atomic E-state index is 11.5. The van der Waals surface area contributed by atoms with Crippen LogP contribution in [0.4, 0.5) is 5.69 Å². The number of nitrogens with one attached hydrogen (secondary N) is 2. The molecule has 0 saturated heterocycles. The highest BCUT2D eigenvalue weighted by molar-refractivity contribution is 7.80. The number of thiocarbonyl (C=S) groups is 1. The molecule has 32 heavy (non-hydrogen) atoms. The van der Waals surface area contributed by atoms with Gasteiger partial charge < -0.3 is 14.8 Å². The van der Waals surface area contributed by atoms with Crippen molar-refractivity contribution in [2.75, 3.05) is 12.4 Å². The fraction of sp³-hybridized carbons (Fsp3) is 0.0870. The van der Waals surface area contributed by atoms with E-state index in [4.69, 9.17) is 44.9 Å². The maximum atomic E-state index is 11.5. The molecule has 0 amide bonds. The molecule has 0 aromatic heterocycles. The Morgan fingerprint density at radius 3 is 2.53 bits per heavy atom. The summed E-state index contributed by atoms with van der Waals surface area (Å²) in [5.74, 6) is 0.936. The van der Waals surface area contributed by atoms with Crippen LogP contribution in [0.5, 0.6) is 11.5 Å². The Labute approximate surface area is 201 Å². The van der Waals surface area contributed by atoms with Crippen molar-refractivity contribution in [1.29, 1.82) is 0 Å². The first-order valence-corrected chi connectivity index (χ1v) is 10.6. The average molecular weight is 488 g/mol. The molecule has 6 nitrogen and oxygen atoms in total. The standard InChI is InChI=1S/C23H19Cl2N3O3S/c1-30-22(29)12-15-4-2-6-18(10-15)31-19-7-3-5-16(11-19)14-26-28-23(32)27-17-8-9-20(24)21(25)13-17/h2-11,13-14H,12H2,1H3,(H2,27,28,32). The third-order valence-corrected chi connectivity index (χ3v) is 5.06. The van der Waals surface area contributed by atoms with E-state index in [0.29, 0.717) is 32.3 Å². The molecule has 3 rings (SSSR count). The van der Waals surface area contributed by atoms with E-state index < -0.39 is 0 Å². The summed E-state index contributed by atoms with van der Waals surface area (Å²) in [6.07, 6.45) is 1.80. The number of ether oxygens (including phenoxy) is 2. The van der Waals surface area contributed by atoms with E-state index in [9.17, 15) is 4.79 Å². The van der Waals surface area contributed by atoms with Gasteiger partial charge in [-0.1, -0.05) is 47.5 Å². The fourth-order valence-corrected chi connectivity index (χ4v) is 3.12. The molecule has 0 aliphatic heterocycles. The molecule has 0 saturated carbocycles. The van der Waals surface area contributed by atoms with Gasteiger partial charge in [0.25, 0.3) is 0 Å². The van der Waals surface area contributed by atoms with Gasteiger partial charge in [0.15, 0.2) is 5.11 Å². The average Bonchev–Trinajstić information content (AvgIpc) is 2.77. The number of hydrazone groups is 1. The Hall–Kier alpha value is -3.13. The van der Waals surface area contributed by atoms with Crippen LogP contribution in [0.3, 0.4) is 0 Å². The zero-order valence-corrected chi connectivity index (χ0v) is 19.3. The SMILES string of the molecule is COC(=O)Cc1cccc(Oc2cccc(C=NNC(=S)Nc3ccc(Cl)c(Cl)c3)c2)c1. The minimum Gasteiger partial charge on any atom is -0.469 e. The Morgan fingerprint density at radius 2 is 1.78 bits per heavy atom. The maximum Gasteiger partial charge on any atom is 0.309 e. The van der Waals surface area contributed by atoms with E-state index in [0.717, 1.165) is 11.1 Å². The van der Waals surface area contributed by atoms with Gasteiger partial charge in [0.1, 0.15) is 11.5 Å². The van der Waals surface area contributed by atoms with Gasteiger partial charge in [-0.15, -0.1) is 0 Å². The summed E-state index contributed by atoms with van der Waals surface area (Å²) in [5, 5.41) is 8.30. The van der Waals surface area contributed by atoms with Crippen LogP contribution in [0, 0.1) is 0 Å². The van der Waals surface area contributed by atoms with Gasteiger partial charge in [-0.25, -0.2) is 0 Å². The Balaban J connectivity index is 1.58. The minimum atomic E-state index is -0.306. The van der Waals surface area contributed by atoms with Crippen molar-refractivity contribution in [2.45, 2.75) is 6.42 Å². The first-order chi connectivity index (χ1) is 15.4. The number of carbonyl (C=O) groups is 1. The number of carbonyl (C=O) groups excluding carboxylic acids is 1. The van der Waals surface area contributed by atoms with Crippen LogP contribution in [0.2, 0.25) is 10.0 Å². The number of hydrogen-bond donors (Lipinski definition) is 2. The summed E-state index contributed by atoms with van der Waals surface area (Å²) in [6.45, 7) is 0. The van der Waals surface area contributed by atoms with E-state index in [2.05, 4.69) is 15.8 Å². The first-order valence-electron chi connectivity index (χ1n) is 9.42. The normalized spacial score (nSPS) is 10.6. The molecule has 9 heteroatoms. The summed E-state index contributed by atoms with van der Waals surface area (Å²) in [4.78, 5) is 11.5. The predicted molar refractivity (Wildman–Crippen MR) is 132 cm³/mol. The summed E-state index contributed by atoms with van der Waals surface area (Å²) in [7, 11) is 1.36. The van der Waals surface area contributed by atoms with Crippen LogP contribution in [0.1, 0.15) is 11.1 Å². The Morgan fingerprint density at radius 1 is 1.03 bits per heavy atom. The molecule has 0 aliphatic carbocycles. The van der Waals surface area contributed by atoms with Gasteiger partial charge in [-0.3, -0.25) is 10.2 Å². The molecule has 0 atom stereocenters. The molecule has 3 aromatic rings. The highest BCUT2D eigenvalue weighted by Crippen LogP contribution is 2.25. The van der Waals surface area contributed by atoms with E-state index in [-0.39, 0.29) is 12.4 Å². The lowest BCUT2D eigenvalue weighted by atomic mass is 10.1. The summed E-state index contributed by atoms with van der Waals surface area (Å²) < 4.78 is 10.6. The molecule has 0 fully saturated rings. The number of esters is 1. The number of hydrogen-bond acceptors (Lipinski definition) is 5. The van der Waals surface area contributed by atoms with Crippen LogP contribution in [-0.2, 0) is 16.0 Å². The number of rotatable bonds is 7. The third kappa shape index (κ3) is 7.23. The second kappa shape index (κ2) is 11.5. The topological polar surface area (TPSA) is 72.0 Å². The van der Waals surface area contributed by atoms with Crippen LogP contribution in [0.25, 0.3) is 0 Å². The summed E-state index contributed by atoms with van der Waals surface area (Å²) in [5.41, 5.74) is 5.04. The largest absolute Gasteiger partial charge is 0.469 e. The van der Waals surface area contributed by atoms with Crippen molar-refractivity contribution in [2.24, 2.45) is 5.10 Å². The number of nitrogens with zero attached hydrogens (tertiary/aromatic N) is 1. The number of benzene rings is 3. The van der Waals surface area contributed by atoms with Gasteiger partial charge in [-0.2, -0.15) is 5.10 Å². The van der Waals surface area contributed by atoms with Gasteiger partial charge in [-0.05, 0) is 65.8 Å². The second-order valence-electron chi connectivity index (χ2n) is 6.53. The molecule has 0 unspecified atom stereocenters. The van der Waals surface area contributed by atoms with Crippen LogP contribution < -0.4 is 15.5 Å². The zero-order valence-electron chi connectivity index (χ0n) is 17.0. The molecule has 0 bridgehead atoms. The minimum absolute atomic E-state index is 0.183. The zero-order chi connectivity index (χ0) is 22.9. The van der Waals surface area contributed by atoms with E-state index >= 15 is 0 Å². The van der Waals surface area contributed by atoms with E-state index in [1.54, 1.807) is 30.5 Å². The van der Waals surface area contributed by atoms with Crippen molar-refractivity contribution in [3.8, 4) is 11.5 Å². The molecule has 0 spiro atoms. The van der Waals surface area contributed by atoms with Crippen molar-refractivity contribution < 1.29 is 14.3 Å². The predicted octanol–water partition coefficient (Wildman–Crippen LogP) is 5.82.